The monoisotopic (exact) mass is 312 g/mol. The summed E-state index contributed by atoms with van der Waals surface area (Å²) >= 11 is 0. The van der Waals surface area contributed by atoms with Gasteiger partial charge in [-0.2, -0.15) is 0 Å². The molecule has 0 radical (unpaired) electrons. The third-order valence-electron chi connectivity index (χ3n) is 4.46. The molecule has 0 saturated heterocycles. The Balaban J connectivity index is 2.09. The number of aryl methyl sites for hydroxylation is 2. The molecule has 0 bridgehead atoms. The van der Waals surface area contributed by atoms with Gasteiger partial charge in [-0.3, -0.25) is 4.57 Å². The van der Waals surface area contributed by atoms with E-state index < -0.39 is 0 Å². The summed E-state index contributed by atoms with van der Waals surface area (Å²) in [5.74, 6) is 1.01. The third kappa shape index (κ3) is 2.41. The van der Waals surface area contributed by atoms with E-state index >= 15 is 0 Å². The van der Waals surface area contributed by atoms with Crippen molar-refractivity contribution in [1.82, 2.24) is 9.55 Å². The molecule has 0 aliphatic heterocycles. The van der Waals surface area contributed by atoms with Gasteiger partial charge >= 0.3 is 0 Å². The molecule has 4 rings (SSSR count). The van der Waals surface area contributed by atoms with E-state index in [1.165, 1.54) is 16.7 Å². The molecular weight excluding hydrogens is 292 g/mol. The van der Waals surface area contributed by atoms with Gasteiger partial charge in [-0.25, -0.2) is 4.98 Å². The van der Waals surface area contributed by atoms with Crippen molar-refractivity contribution in [2.24, 2.45) is 0 Å². The predicted octanol–water partition coefficient (Wildman–Crippen LogP) is 5.56. The van der Waals surface area contributed by atoms with Gasteiger partial charge in [0.05, 0.1) is 11.0 Å². The van der Waals surface area contributed by atoms with E-state index in [4.69, 9.17) is 4.98 Å². The zero-order valence-electron chi connectivity index (χ0n) is 14.0. The van der Waals surface area contributed by atoms with Crippen LogP contribution in [-0.2, 0) is 6.42 Å². The van der Waals surface area contributed by atoms with Gasteiger partial charge in [-0.1, -0.05) is 55.5 Å². The highest BCUT2D eigenvalue weighted by atomic mass is 15.1. The number of para-hydroxylation sites is 1. The number of benzene rings is 3. The molecule has 0 unspecified atom stereocenters. The Kier molecular flexibility index (Phi) is 3.66. The molecule has 0 amide bonds. The molecule has 2 nitrogen and oxygen atoms in total. The minimum absolute atomic E-state index is 0.993. The van der Waals surface area contributed by atoms with Crippen LogP contribution in [0.3, 0.4) is 0 Å². The number of rotatable bonds is 3. The van der Waals surface area contributed by atoms with Gasteiger partial charge in [0.1, 0.15) is 5.82 Å². The predicted molar refractivity (Wildman–Crippen MR) is 101 cm³/mol. The minimum Gasteiger partial charge on any atom is -0.292 e. The zero-order chi connectivity index (χ0) is 16.5. The van der Waals surface area contributed by atoms with Gasteiger partial charge in [-0.05, 0) is 48.7 Å². The zero-order valence-corrected chi connectivity index (χ0v) is 14.0. The lowest BCUT2D eigenvalue weighted by atomic mass is 10.0. The number of imidazole rings is 1. The molecule has 0 fully saturated rings. The molecular formula is C22H20N2. The molecule has 1 heterocycles. The molecule has 0 N–H and O–H groups in total. The van der Waals surface area contributed by atoms with E-state index in [-0.39, 0.29) is 0 Å². The maximum absolute atomic E-state index is 4.97. The van der Waals surface area contributed by atoms with Crippen molar-refractivity contribution in [1.29, 1.82) is 0 Å². The first-order valence-corrected chi connectivity index (χ1v) is 8.40. The summed E-state index contributed by atoms with van der Waals surface area (Å²) in [5, 5.41) is 0. The van der Waals surface area contributed by atoms with E-state index in [1.54, 1.807) is 0 Å². The summed E-state index contributed by atoms with van der Waals surface area (Å²) in [6, 6.07) is 25.5. The number of hydrogen-bond acceptors (Lipinski definition) is 1. The normalized spacial score (nSPS) is 11.1. The van der Waals surface area contributed by atoms with Gasteiger partial charge in [0.2, 0.25) is 0 Å². The maximum atomic E-state index is 4.97. The lowest BCUT2D eigenvalue weighted by molar-refractivity contribution is 1.07. The molecule has 0 spiro atoms. The maximum Gasteiger partial charge on any atom is 0.145 e. The smallest absolute Gasteiger partial charge is 0.145 e. The molecule has 118 valence electrons. The quantitative estimate of drug-likeness (QED) is 0.484. The number of nitrogens with zero attached hydrogens (tertiary/aromatic N) is 2. The molecule has 0 aliphatic carbocycles. The lowest BCUT2D eigenvalue weighted by Gasteiger charge is -2.12. The topological polar surface area (TPSA) is 17.8 Å². The Morgan fingerprint density at radius 2 is 1.62 bits per heavy atom. The molecule has 3 aromatic carbocycles. The largest absolute Gasteiger partial charge is 0.292 e. The molecule has 4 aromatic rings. The minimum atomic E-state index is 0.993. The molecule has 0 saturated carbocycles. The van der Waals surface area contributed by atoms with E-state index in [2.05, 4.69) is 85.1 Å². The van der Waals surface area contributed by atoms with Crippen LogP contribution in [0.1, 0.15) is 18.1 Å². The fraction of sp³-hybridized carbons (Fsp3) is 0.136. The summed E-state index contributed by atoms with van der Waals surface area (Å²) in [7, 11) is 0. The Hall–Kier alpha value is -2.87. The molecule has 0 atom stereocenters. The number of fused-ring (bicyclic) bond motifs is 1. The summed E-state index contributed by atoms with van der Waals surface area (Å²) in [4.78, 5) is 4.97. The Bertz CT molecular complexity index is 997. The summed E-state index contributed by atoms with van der Waals surface area (Å²) < 4.78 is 2.27. The highest BCUT2D eigenvalue weighted by Crippen LogP contribution is 2.31. The van der Waals surface area contributed by atoms with Crippen LogP contribution in [0.2, 0.25) is 0 Å². The SMILES string of the molecule is CCc1ccccc1-c1nc2ccc(C)cc2n1-c1ccccc1. The van der Waals surface area contributed by atoms with Crippen molar-refractivity contribution in [3.8, 4) is 17.1 Å². The van der Waals surface area contributed by atoms with Crippen LogP contribution in [0.15, 0.2) is 72.8 Å². The first-order chi connectivity index (χ1) is 11.8. The summed E-state index contributed by atoms with van der Waals surface area (Å²) in [6.07, 6.45) is 0.993. The molecule has 0 aliphatic rings. The van der Waals surface area contributed by atoms with Gasteiger partial charge in [0.25, 0.3) is 0 Å². The van der Waals surface area contributed by atoms with Crippen molar-refractivity contribution < 1.29 is 0 Å². The average molecular weight is 312 g/mol. The van der Waals surface area contributed by atoms with E-state index in [0.29, 0.717) is 0 Å². The second-order valence-corrected chi connectivity index (χ2v) is 6.11. The first kappa shape index (κ1) is 14.7. The van der Waals surface area contributed by atoms with E-state index in [0.717, 1.165) is 29.0 Å². The Morgan fingerprint density at radius 1 is 0.875 bits per heavy atom. The van der Waals surface area contributed by atoms with Crippen LogP contribution in [0.5, 0.6) is 0 Å². The van der Waals surface area contributed by atoms with Crippen LogP contribution in [-0.4, -0.2) is 9.55 Å². The summed E-state index contributed by atoms with van der Waals surface area (Å²) in [5.41, 5.74) is 7.10. The van der Waals surface area contributed by atoms with E-state index in [1.807, 2.05) is 6.07 Å². The fourth-order valence-electron chi connectivity index (χ4n) is 3.25. The van der Waals surface area contributed by atoms with Crippen molar-refractivity contribution >= 4 is 11.0 Å². The molecule has 1 aromatic heterocycles. The highest BCUT2D eigenvalue weighted by Gasteiger charge is 2.16. The Labute approximate surface area is 142 Å². The fourth-order valence-corrected chi connectivity index (χ4v) is 3.25. The molecule has 24 heavy (non-hydrogen) atoms. The number of hydrogen-bond donors (Lipinski definition) is 0. The summed E-state index contributed by atoms with van der Waals surface area (Å²) in [6.45, 7) is 4.32. The van der Waals surface area contributed by atoms with Crippen molar-refractivity contribution in [3.63, 3.8) is 0 Å². The average Bonchev–Trinajstić information content (AvgIpc) is 3.00. The van der Waals surface area contributed by atoms with Gasteiger partial charge in [-0.15, -0.1) is 0 Å². The van der Waals surface area contributed by atoms with Crippen LogP contribution >= 0.6 is 0 Å². The second kappa shape index (κ2) is 5.97. The van der Waals surface area contributed by atoms with Crippen molar-refractivity contribution in [2.45, 2.75) is 20.3 Å². The second-order valence-electron chi connectivity index (χ2n) is 6.11. The first-order valence-electron chi connectivity index (χ1n) is 8.40. The highest BCUT2D eigenvalue weighted by molar-refractivity contribution is 5.84. The third-order valence-corrected chi connectivity index (χ3v) is 4.46. The van der Waals surface area contributed by atoms with Crippen LogP contribution < -0.4 is 0 Å². The van der Waals surface area contributed by atoms with E-state index in [9.17, 15) is 0 Å². The van der Waals surface area contributed by atoms with Gasteiger partial charge in [0.15, 0.2) is 0 Å². The Morgan fingerprint density at radius 3 is 2.42 bits per heavy atom. The van der Waals surface area contributed by atoms with Crippen molar-refractivity contribution in [2.75, 3.05) is 0 Å². The van der Waals surface area contributed by atoms with Crippen LogP contribution in [0.25, 0.3) is 28.1 Å². The van der Waals surface area contributed by atoms with Crippen LogP contribution in [0, 0.1) is 6.92 Å². The number of aromatic nitrogens is 2. The van der Waals surface area contributed by atoms with Gasteiger partial charge in [0, 0.05) is 11.3 Å². The van der Waals surface area contributed by atoms with Crippen LogP contribution in [0.4, 0.5) is 0 Å². The standard InChI is InChI=1S/C22H20N2/c1-3-17-9-7-8-12-19(17)22-23-20-14-13-16(2)15-21(20)24(22)18-10-5-4-6-11-18/h4-15H,3H2,1-2H3. The lowest BCUT2D eigenvalue weighted by Crippen LogP contribution is -1.99. The van der Waals surface area contributed by atoms with Gasteiger partial charge < -0.3 is 0 Å². The van der Waals surface area contributed by atoms with Crippen molar-refractivity contribution in [3.05, 3.63) is 83.9 Å². The molecule has 2 heteroatoms.